The van der Waals surface area contributed by atoms with Crippen molar-refractivity contribution >= 4 is 27.5 Å². The van der Waals surface area contributed by atoms with Crippen LogP contribution in [-0.4, -0.2) is 47.5 Å². The van der Waals surface area contributed by atoms with Gasteiger partial charge in [0.2, 0.25) is 5.78 Å². The fraction of sp³-hybridized carbons (Fsp3) is 0.200. The lowest BCUT2D eigenvalue weighted by molar-refractivity contribution is 0.0473. The second-order valence-electron chi connectivity index (χ2n) is 7.55. The fourth-order valence-corrected chi connectivity index (χ4v) is 5.34. The Labute approximate surface area is 197 Å². The van der Waals surface area contributed by atoms with Crippen LogP contribution in [0.1, 0.15) is 26.3 Å². The molecular weight excluding hydrogens is 458 g/mol. The summed E-state index contributed by atoms with van der Waals surface area (Å²) < 4.78 is 43.3. The number of rotatable bonds is 8. The molecule has 3 aromatic carbocycles. The van der Waals surface area contributed by atoms with Gasteiger partial charge in [0.25, 0.3) is 10.0 Å². The zero-order valence-corrected chi connectivity index (χ0v) is 19.5. The van der Waals surface area contributed by atoms with Gasteiger partial charge < -0.3 is 14.2 Å². The molecule has 0 amide bonds. The normalized spacial score (nSPS) is 12.7. The Morgan fingerprint density at radius 1 is 0.941 bits per heavy atom. The first-order valence-electron chi connectivity index (χ1n) is 10.5. The number of hydrogen-bond donors (Lipinski definition) is 0. The minimum absolute atomic E-state index is 0.0268. The third-order valence-electron chi connectivity index (χ3n) is 5.54. The minimum atomic E-state index is -3.87. The maximum absolute atomic E-state index is 13.2. The average Bonchev–Trinajstić information content (AvgIpc) is 3.32. The summed E-state index contributed by atoms with van der Waals surface area (Å²) in [6, 6.07) is 17.6. The van der Waals surface area contributed by atoms with E-state index in [-0.39, 0.29) is 16.0 Å². The number of benzene rings is 3. The van der Waals surface area contributed by atoms with E-state index in [1.807, 2.05) is 12.1 Å². The molecule has 1 aliphatic rings. The lowest BCUT2D eigenvalue weighted by atomic mass is 10.1. The van der Waals surface area contributed by atoms with E-state index in [0.717, 1.165) is 5.56 Å². The quantitative estimate of drug-likeness (QED) is 0.359. The minimum Gasteiger partial charge on any atom is -0.497 e. The third-order valence-corrected chi connectivity index (χ3v) is 7.35. The number of ketones is 1. The summed E-state index contributed by atoms with van der Waals surface area (Å²) in [6.07, 6.45) is 0.618. The monoisotopic (exact) mass is 481 g/mol. The number of carbonyl (C=O) groups excluding carboxylic acids is 2. The van der Waals surface area contributed by atoms with Crippen molar-refractivity contribution in [1.29, 1.82) is 0 Å². The molecule has 0 atom stereocenters. The zero-order chi connectivity index (χ0) is 24.3. The first-order chi connectivity index (χ1) is 16.3. The van der Waals surface area contributed by atoms with Crippen molar-refractivity contribution in [2.45, 2.75) is 11.3 Å². The van der Waals surface area contributed by atoms with Gasteiger partial charge >= 0.3 is 5.97 Å². The number of anilines is 1. The van der Waals surface area contributed by atoms with Crippen LogP contribution in [0.25, 0.3) is 0 Å². The van der Waals surface area contributed by atoms with Crippen molar-refractivity contribution in [1.82, 2.24) is 0 Å². The summed E-state index contributed by atoms with van der Waals surface area (Å²) in [5.74, 6) is -0.520. The molecule has 4 rings (SSSR count). The van der Waals surface area contributed by atoms with Crippen molar-refractivity contribution in [3.63, 3.8) is 0 Å². The molecule has 0 aliphatic carbocycles. The Kier molecular flexibility index (Phi) is 6.56. The molecule has 1 aliphatic heterocycles. The number of hydrogen-bond acceptors (Lipinski definition) is 7. The summed E-state index contributed by atoms with van der Waals surface area (Å²) in [7, 11) is -0.975. The number of ether oxygens (including phenoxy) is 3. The fourth-order valence-electron chi connectivity index (χ4n) is 3.79. The van der Waals surface area contributed by atoms with Crippen LogP contribution in [0, 0.1) is 0 Å². The van der Waals surface area contributed by atoms with E-state index < -0.39 is 28.4 Å². The number of esters is 1. The molecule has 176 valence electrons. The molecule has 0 unspecified atom stereocenters. The van der Waals surface area contributed by atoms with E-state index in [9.17, 15) is 18.0 Å². The van der Waals surface area contributed by atoms with Gasteiger partial charge in [-0.3, -0.25) is 9.10 Å². The Morgan fingerprint density at radius 3 is 2.50 bits per heavy atom. The number of fused-ring (bicyclic) bond motifs is 1. The number of sulfonamides is 1. The van der Waals surface area contributed by atoms with E-state index in [1.165, 1.54) is 48.9 Å². The van der Waals surface area contributed by atoms with Crippen molar-refractivity contribution in [2.24, 2.45) is 0 Å². The van der Waals surface area contributed by atoms with Gasteiger partial charge in [-0.05, 0) is 54.4 Å². The number of methoxy groups -OCH3 is 2. The first-order valence-corrected chi connectivity index (χ1v) is 11.9. The van der Waals surface area contributed by atoms with Gasteiger partial charge in [-0.2, -0.15) is 0 Å². The van der Waals surface area contributed by atoms with Crippen LogP contribution in [0.3, 0.4) is 0 Å². The van der Waals surface area contributed by atoms with E-state index in [0.29, 0.717) is 30.2 Å². The van der Waals surface area contributed by atoms with Crippen molar-refractivity contribution < 1.29 is 32.2 Å². The molecule has 0 spiro atoms. The molecule has 0 saturated heterocycles. The smallest absolute Gasteiger partial charge is 0.338 e. The molecule has 9 heteroatoms. The molecule has 0 bridgehead atoms. The Morgan fingerprint density at radius 2 is 1.74 bits per heavy atom. The summed E-state index contributed by atoms with van der Waals surface area (Å²) >= 11 is 0. The maximum Gasteiger partial charge on any atom is 0.338 e. The van der Waals surface area contributed by atoms with Crippen LogP contribution in [0.5, 0.6) is 11.5 Å². The highest BCUT2D eigenvalue weighted by Gasteiger charge is 2.31. The summed E-state index contributed by atoms with van der Waals surface area (Å²) in [5, 5.41) is 0. The second kappa shape index (κ2) is 9.56. The molecule has 0 aromatic heterocycles. The molecule has 0 N–H and O–H groups in total. The van der Waals surface area contributed by atoms with Crippen LogP contribution < -0.4 is 13.8 Å². The van der Waals surface area contributed by atoms with Gasteiger partial charge in [-0.1, -0.05) is 24.3 Å². The van der Waals surface area contributed by atoms with Crippen LogP contribution in [-0.2, 0) is 21.2 Å². The predicted molar refractivity (Wildman–Crippen MR) is 125 cm³/mol. The molecule has 0 radical (unpaired) electrons. The van der Waals surface area contributed by atoms with E-state index in [1.54, 1.807) is 24.3 Å². The first kappa shape index (κ1) is 23.3. The van der Waals surface area contributed by atoms with Crippen LogP contribution in [0.2, 0.25) is 0 Å². The Balaban J connectivity index is 1.50. The summed E-state index contributed by atoms with van der Waals surface area (Å²) in [6.45, 7) is -0.216. The van der Waals surface area contributed by atoms with Crippen LogP contribution >= 0.6 is 0 Å². The van der Waals surface area contributed by atoms with Crippen molar-refractivity contribution in [3.05, 3.63) is 83.4 Å². The maximum atomic E-state index is 13.2. The standard InChI is InChI=1S/C25H23NO7S/c1-31-19-10-11-24(32-2)21(15-19)23(27)16-33-25(28)18-7-5-8-20(14-18)34(29,30)26-13-12-17-6-3-4-9-22(17)26/h3-11,14-15H,12-13,16H2,1-2H3. The van der Waals surface area contributed by atoms with Gasteiger partial charge in [-0.15, -0.1) is 0 Å². The zero-order valence-electron chi connectivity index (χ0n) is 18.7. The average molecular weight is 482 g/mol. The lowest BCUT2D eigenvalue weighted by Crippen LogP contribution is -2.29. The lowest BCUT2D eigenvalue weighted by Gasteiger charge is -2.19. The largest absolute Gasteiger partial charge is 0.497 e. The Bertz CT molecular complexity index is 1350. The van der Waals surface area contributed by atoms with E-state index >= 15 is 0 Å². The summed E-state index contributed by atoms with van der Waals surface area (Å²) in [5.41, 5.74) is 1.82. The van der Waals surface area contributed by atoms with Crippen LogP contribution in [0.4, 0.5) is 5.69 Å². The number of para-hydroxylation sites is 1. The molecule has 0 saturated carbocycles. The van der Waals surface area contributed by atoms with Crippen molar-refractivity contribution in [3.8, 4) is 11.5 Å². The van der Waals surface area contributed by atoms with Gasteiger partial charge in [-0.25, -0.2) is 13.2 Å². The molecular formula is C25H23NO7S. The SMILES string of the molecule is COc1ccc(OC)c(C(=O)COC(=O)c2cccc(S(=O)(=O)N3CCc4ccccc43)c2)c1. The molecule has 3 aromatic rings. The highest BCUT2D eigenvalue weighted by atomic mass is 32.2. The number of Topliss-reactive ketones (excluding diaryl/α,β-unsaturated/α-hetero) is 1. The van der Waals surface area contributed by atoms with Crippen LogP contribution in [0.15, 0.2) is 71.6 Å². The predicted octanol–water partition coefficient (Wildman–Crippen LogP) is 3.49. The number of carbonyl (C=O) groups is 2. The van der Waals surface area contributed by atoms with Gasteiger partial charge in [0, 0.05) is 6.54 Å². The molecule has 34 heavy (non-hydrogen) atoms. The van der Waals surface area contributed by atoms with Crippen molar-refractivity contribution in [2.75, 3.05) is 31.7 Å². The van der Waals surface area contributed by atoms with E-state index in [2.05, 4.69) is 0 Å². The van der Waals surface area contributed by atoms with Gasteiger partial charge in [0.05, 0.1) is 35.9 Å². The van der Waals surface area contributed by atoms with E-state index in [4.69, 9.17) is 14.2 Å². The topological polar surface area (TPSA) is 99.2 Å². The Hall–Kier alpha value is -3.85. The highest BCUT2D eigenvalue weighted by Crippen LogP contribution is 2.33. The summed E-state index contributed by atoms with van der Waals surface area (Å²) in [4.78, 5) is 25.2. The van der Waals surface area contributed by atoms with Gasteiger partial charge in [0.1, 0.15) is 11.5 Å². The van der Waals surface area contributed by atoms with Gasteiger partial charge in [0.15, 0.2) is 6.61 Å². The molecule has 0 fully saturated rings. The number of nitrogens with zero attached hydrogens (tertiary/aromatic N) is 1. The third kappa shape index (κ3) is 4.47. The molecule has 8 nitrogen and oxygen atoms in total. The second-order valence-corrected chi connectivity index (χ2v) is 9.41. The highest BCUT2D eigenvalue weighted by molar-refractivity contribution is 7.92. The molecule has 1 heterocycles.